The molecule has 0 N–H and O–H groups in total. The molecule has 0 aromatic carbocycles. The molecule has 0 radical (unpaired) electrons. The lowest BCUT2D eigenvalue weighted by molar-refractivity contribution is 0.158. The van der Waals surface area contributed by atoms with Gasteiger partial charge in [0.1, 0.15) is 0 Å². The van der Waals surface area contributed by atoms with Gasteiger partial charge in [-0.1, -0.05) is 66.2 Å². The highest BCUT2D eigenvalue weighted by Crippen LogP contribution is 2.48. The van der Waals surface area contributed by atoms with Gasteiger partial charge in [0.15, 0.2) is 0 Å². The lowest BCUT2D eigenvalue weighted by Gasteiger charge is -2.20. The first-order valence-corrected chi connectivity index (χ1v) is 10.5. The first kappa shape index (κ1) is 21.7. The standard InChI is InChI=1S/C18H35O3P/c1-6-11-13-17(8-3)15-20-22(19,10-5)21-16-18(9-4)14-12-7-2/h5,17-18H,6-9,11-16H2,1-4H3. The highest BCUT2D eigenvalue weighted by Gasteiger charge is 2.24. The van der Waals surface area contributed by atoms with E-state index in [4.69, 9.17) is 15.5 Å². The van der Waals surface area contributed by atoms with Crippen LogP contribution in [0.4, 0.5) is 0 Å². The summed E-state index contributed by atoms with van der Waals surface area (Å²) in [6, 6.07) is 0. The van der Waals surface area contributed by atoms with Crippen molar-refractivity contribution in [2.45, 2.75) is 79.1 Å². The van der Waals surface area contributed by atoms with Gasteiger partial charge in [-0.3, -0.25) is 9.05 Å². The van der Waals surface area contributed by atoms with E-state index in [1.807, 2.05) is 0 Å². The van der Waals surface area contributed by atoms with Crippen LogP contribution in [0.25, 0.3) is 0 Å². The second-order valence-corrected chi connectivity index (χ2v) is 7.82. The summed E-state index contributed by atoms with van der Waals surface area (Å²) in [7, 11) is -3.37. The molecule has 3 nitrogen and oxygen atoms in total. The molecular formula is C18H35O3P. The Hall–Kier alpha value is -0.290. The summed E-state index contributed by atoms with van der Waals surface area (Å²) in [5, 5.41) is 0. The molecule has 0 saturated carbocycles. The summed E-state index contributed by atoms with van der Waals surface area (Å²) in [5.74, 6) is 0.819. The van der Waals surface area contributed by atoms with Crippen LogP contribution in [0.3, 0.4) is 0 Å². The van der Waals surface area contributed by atoms with Crippen molar-refractivity contribution in [2.24, 2.45) is 11.8 Å². The number of hydrogen-bond acceptors (Lipinski definition) is 3. The molecule has 0 heterocycles. The fourth-order valence-electron chi connectivity index (χ4n) is 2.32. The van der Waals surface area contributed by atoms with Crippen LogP contribution >= 0.6 is 7.60 Å². The molecule has 0 bridgehead atoms. The lowest BCUT2D eigenvalue weighted by atomic mass is 10.0. The van der Waals surface area contributed by atoms with Crippen molar-refractivity contribution in [1.82, 2.24) is 0 Å². The van der Waals surface area contributed by atoms with Crippen LogP contribution < -0.4 is 0 Å². The molecule has 22 heavy (non-hydrogen) atoms. The summed E-state index contributed by atoms with van der Waals surface area (Å²) >= 11 is 0. The summed E-state index contributed by atoms with van der Waals surface area (Å²) in [5.41, 5.74) is 2.26. The third-order valence-corrected chi connectivity index (χ3v) is 5.50. The van der Waals surface area contributed by atoms with Crippen LogP contribution in [0.15, 0.2) is 0 Å². The smallest absolute Gasteiger partial charge is 0.299 e. The SMILES string of the molecule is C#CP(=O)(OCC(CC)CCCC)OCC(CC)CCCC. The largest absolute Gasteiger partial charge is 0.405 e. The van der Waals surface area contributed by atoms with Crippen LogP contribution in [0.2, 0.25) is 0 Å². The second kappa shape index (κ2) is 13.2. The molecule has 0 aliphatic rings. The average molecular weight is 330 g/mol. The van der Waals surface area contributed by atoms with Crippen LogP contribution in [-0.2, 0) is 13.6 Å². The summed E-state index contributed by atoms with van der Waals surface area (Å²) in [6.45, 7) is 9.47. The number of terminal acetylenes is 1. The van der Waals surface area contributed by atoms with Crippen molar-refractivity contribution in [1.29, 1.82) is 0 Å². The van der Waals surface area contributed by atoms with E-state index in [1.54, 1.807) is 0 Å². The van der Waals surface area contributed by atoms with Gasteiger partial charge in [0.2, 0.25) is 0 Å². The summed E-state index contributed by atoms with van der Waals surface area (Å²) in [4.78, 5) is 0. The molecule has 130 valence electrons. The number of unbranched alkanes of at least 4 members (excludes halogenated alkanes) is 2. The molecule has 0 spiro atoms. The van der Waals surface area contributed by atoms with E-state index in [0.717, 1.165) is 51.4 Å². The molecule has 0 saturated heterocycles. The molecule has 0 fully saturated rings. The number of rotatable bonds is 14. The molecule has 0 aliphatic heterocycles. The minimum Gasteiger partial charge on any atom is -0.299 e. The van der Waals surface area contributed by atoms with E-state index in [0.29, 0.717) is 25.0 Å². The van der Waals surface area contributed by atoms with E-state index >= 15 is 0 Å². The van der Waals surface area contributed by atoms with Crippen molar-refractivity contribution < 1.29 is 13.6 Å². The van der Waals surface area contributed by atoms with E-state index in [1.165, 1.54) is 0 Å². The maximum absolute atomic E-state index is 12.5. The normalized spacial score (nSPS) is 16.7. The molecule has 0 amide bonds. The third-order valence-electron chi connectivity index (χ3n) is 4.21. The van der Waals surface area contributed by atoms with Crippen molar-refractivity contribution in [3.63, 3.8) is 0 Å². The van der Waals surface area contributed by atoms with Gasteiger partial charge in [-0.05, 0) is 24.7 Å². The van der Waals surface area contributed by atoms with Crippen molar-refractivity contribution in [3.05, 3.63) is 0 Å². The zero-order valence-corrected chi connectivity index (χ0v) is 15.9. The topological polar surface area (TPSA) is 35.5 Å². The molecule has 0 aromatic heterocycles. The molecular weight excluding hydrogens is 295 g/mol. The predicted molar refractivity (Wildman–Crippen MR) is 95.0 cm³/mol. The number of hydrogen-bond donors (Lipinski definition) is 0. The molecule has 4 heteroatoms. The van der Waals surface area contributed by atoms with Crippen LogP contribution in [-0.4, -0.2) is 13.2 Å². The van der Waals surface area contributed by atoms with Gasteiger partial charge in [0.25, 0.3) is 0 Å². The predicted octanol–water partition coefficient (Wildman–Crippen LogP) is 6.24. The molecule has 0 rings (SSSR count). The quantitative estimate of drug-likeness (QED) is 0.279. The maximum Gasteiger partial charge on any atom is 0.405 e. The molecule has 0 aliphatic carbocycles. The second-order valence-electron chi connectivity index (χ2n) is 6.05. The highest BCUT2D eigenvalue weighted by atomic mass is 31.2. The molecule has 2 atom stereocenters. The zero-order chi connectivity index (χ0) is 16.8. The Labute approximate surface area is 138 Å². The Morgan fingerprint density at radius 2 is 1.32 bits per heavy atom. The maximum atomic E-state index is 12.5. The van der Waals surface area contributed by atoms with E-state index in [9.17, 15) is 4.57 Å². The van der Waals surface area contributed by atoms with Crippen LogP contribution in [0, 0.1) is 23.9 Å². The van der Waals surface area contributed by atoms with Gasteiger partial charge in [-0.2, -0.15) is 0 Å². The van der Waals surface area contributed by atoms with Gasteiger partial charge in [-0.15, -0.1) is 6.42 Å². The summed E-state index contributed by atoms with van der Waals surface area (Å²) in [6.07, 6.45) is 14.3. The van der Waals surface area contributed by atoms with Gasteiger partial charge < -0.3 is 0 Å². The molecule has 0 aromatic rings. The Bertz CT molecular complexity index is 325. The fourth-order valence-corrected chi connectivity index (χ4v) is 3.35. The Morgan fingerprint density at radius 3 is 1.59 bits per heavy atom. The lowest BCUT2D eigenvalue weighted by Crippen LogP contribution is -2.11. The highest BCUT2D eigenvalue weighted by molar-refractivity contribution is 7.59. The van der Waals surface area contributed by atoms with E-state index in [2.05, 4.69) is 33.4 Å². The first-order valence-electron chi connectivity index (χ1n) is 8.92. The Morgan fingerprint density at radius 1 is 0.909 bits per heavy atom. The van der Waals surface area contributed by atoms with Gasteiger partial charge in [0.05, 0.1) is 13.2 Å². The van der Waals surface area contributed by atoms with Crippen LogP contribution in [0.1, 0.15) is 79.1 Å². The third kappa shape index (κ3) is 9.67. The summed E-state index contributed by atoms with van der Waals surface area (Å²) < 4.78 is 23.5. The Kier molecular flexibility index (Phi) is 13.0. The zero-order valence-electron chi connectivity index (χ0n) is 15.0. The van der Waals surface area contributed by atoms with Gasteiger partial charge >= 0.3 is 7.60 Å². The fraction of sp³-hybridized carbons (Fsp3) is 0.889. The minimum absolute atomic E-state index is 0.410. The van der Waals surface area contributed by atoms with Crippen molar-refractivity contribution >= 4 is 7.60 Å². The Balaban J connectivity index is 4.33. The monoisotopic (exact) mass is 330 g/mol. The minimum atomic E-state index is -3.37. The molecule has 2 unspecified atom stereocenters. The van der Waals surface area contributed by atoms with E-state index in [-0.39, 0.29) is 0 Å². The van der Waals surface area contributed by atoms with Crippen molar-refractivity contribution in [3.8, 4) is 12.1 Å². The van der Waals surface area contributed by atoms with Crippen molar-refractivity contribution in [2.75, 3.05) is 13.2 Å². The van der Waals surface area contributed by atoms with Gasteiger partial charge in [-0.25, -0.2) is 4.57 Å². The van der Waals surface area contributed by atoms with E-state index < -0.39 is 7.60 Å². The first-order chi connectivity index (χ1) is 10.5. The average Bonchev–Trinajstić information content (AvgIpc) is 2.55. The van der Waals surface area contributed by atoms with Gasteiger partial charge in [0, 0.05) is 5.66 Å². The van der Waals surface area contributed by atoms with Crippen LogP contribution in [0.5, 0.6) is 0 Å².